The topological polar surface area (TPSA) is 45.7 Å². The second-order valence-corrected chi connectivity index (χ2v) is 4.20. The molecule has 2 aromatic rings. The summed E-state index contributed by atoms with van der Waals surface area (Å²) in [5, 5.41) is 10.8. The van der Waals surface area contributed by atoms with Gasteiger partial charge in [0.25, 0.3) is 0 Å². The minimum absolute atomic E-state index is 0.0125. The Morgan fingerprint density at radius 1 is 1.37 bits per heavy atom. The van der Waals surface area contributed by atoms with Crippen LogP contribution in [-0.2, 0) is 0 Å². The van der Waals surface area contributed by atoms with E-state index < -0.39 is 23.5 Å². The predicted octanol–water partition coefficient (Wildman–Crippen LogP) is 4.27. The van der Waals surface area contributed by atoms with E-state index in [1.807, 2.05) is 0 Å². The van der Waals surface area contributed by atoms with Crippen LogP contribution in [0.5, 0.6) is 0 Å². The summed E-state index contributed by atoms with van der Waals surface area (Å²) in [4.78, 5) is 0. The molecule has 0 radical (unpaired) electrons. The molecule has 1 heterocycles. The molecule has 2 rings (SSSR count). The maximum Gasteiger partial charge on any atom is 0.440 e. The van der Waals surface area contributed by atoms with Gasteiger partial charge in [0.05, 0.1) is 0 Å². The van der Waals surface area contributed by atoms with E-state index in [-0.39, 0.29) is 21.6 Å². The fourth-order valence-corrected chi connectivity index (χ4v) is 1.91. The van der Waals surface area contributed by atoms with Crippen molar-refractivity contribution in [2.24, 2.45) is 5.16 Å². The van der Waals surface area contributed by atoms with E-state index in [2.05, 4.69) is 5.16 Å². The summed E-state index contributed by atoms with van der Waals surface area (Å²) < 4.78 is 56.2. The number of benzene rings is 1. The van der Waals surface area contributed by atoms with Crippen LogP contribution >= 0.6 is 11.6 Å². The minimum Gasteiger partial charge on any atom is -0.451 e. The molecule has 0 unspecified atom stereocenters. The minimum atomic E-state index is -4.92. The van der Waals surface area contributed by atoms with E-state index in [4.69, 9.17) is 21.2 Å². The van der Waals surface area contributed by atoms with Gasteiger partial charge in [-0.2, -0.15) is 13.2 Å². The number of aryl methyl sites for hydroxylation is 1. The van der Waals surface area contributed by atoms with Gasteiger partial charge in [0.1, 0.15) is 0 Å². The van der Waals surface area contributed by atoms with Gasteiger partial charge in [0.15, 0.2) is 17.2 Å². The smallest absolute Gasteiger partial charge is 0.440 e. The molecule has 8 heteroatoms. The molecule has 102 valence electrons. The Hall–Kier alpha value is -1.76. The summed E-state index contributed by atoms with van der Waals surface area (Å²) in [6.45, 7) is 1.29. The van der Waals surface area contributed by atoms with Crippen molar-refractivity contribution in [3.05, 3.63) is 34.3 Å². The molecular weight excluding hydrogens is 290 g/mol. The Morgan fingerprint density at radius 3 is 2.53 bits per heavy atom. The number of hydrogen-bond donors (Lipinski definition) is 1. The average molecular weight is 296 g/mol. The highest BCUT2D eigenvalue weighted by molar-refractivity contribution is 6.31. The molecule has 0 atom stereocenters. The first-order chi connectivity index (χ1) is 8.75. The van der Waals surface area contributed by atoms with Crippen molar-refractivity contribution < 1.29 is 27.2 Å². The van der Waals surface area contributed by atoms with E-state index in [0.29, 0.717) is 0 Å². The molecular formula is C11H6ClF4NO2. The zero-order chi connectivity index (χ0) is 14.4. The van der Waals surface area contributed by atoms with Gasteiger partial charge in [-0.25, -0.2) is 4.39 Å². The van der Waals surface area contributed by atoms with Crippen LogP contribution in [0.1, 0.15) is 11.3 Å². The number of nitrogens with zero attached hydrogens (tertiary/aromatic N) is 1. The first kappa shape index (κ1) is 13.7. The van der Waals surface area contributed by atoms with E-state index in [1.165, 1.54) is 13.0 Å². The van der Waals surface area contributed by atoms with Gasteiger partial charge < -0.3 is 9.62 Å². The van der Waals surface area contributed by atoms with Crippen LogP contribution in [0.15, 0.2) is 21.7 Å². The zero-order valence-corrected chi connectivity index (χ0v) is 10.1. The van der Waals surface area contributed by atoms with Gasteiger partial charge in [0.2, 0.25) is 5.71 Å². The monoisotopic (exact) mass is 295 g/mol. The summed E-state index contributed by atoms with van der Waals surface area (Å²) in [6.07, 6.45) is -4.92. The van der Waals surface area contributed by atoms with Crippen molar-refractivity contribution in [2.45, 2.75) is 13.1 Å². The number of fused-ring (bicyclic) bond motifs is 1. The van der Waals surface area contributed by atoms with E-state index in [0.717, 1.165) is 6.07 Å². The number of halogens is 5. The average Bonchev–Trinajstić information content (AvgIpc) is 2.57. The zero-order valence-electron chi connectivity index (χ0n) is 9.35. The van der Waals surface area contributed by atoms with Crippen LogP contribution < -0.4 is 0 Å². The molecule has 0 aliphatic heterocycles. The van der Waals surface area contributed by atoms with Crippen molar-refractivity contribution in [2.75, 3.05) is 0 Å². The van der Waals surface area contributed by atoms with Crippen molar-refractivity contribution in [3.8, 4) is 0 Å². The number of alkyl halides is 3. The third-order valence-electron chi connectivity index (χ3n) is 2.54. The molecule has 19 heavy (non-hydrogen) atoms. The third kappa shape index (κ3) is 2.25. The van der Waals surface area contributed by atoms with Gasteiger partial charge in [0, 0.05) is 16.0 Å². The molecule has 0 spiro atoms. The molecule has 0 aliphatic carbocycles. The summed E-state index contributed by atoms with van der Waals surface area (Å²) in [7, 11) is 0. The highest BCUT2D eigenvalue weighted by Crippen LogP contribution is 2.33. The molecule has 1 aromatic carbocycles. The van der Waals surface area contributed by atoms with Crippen LogP contribution in [0.4, 0.5) is 17.6 Å². The lowest BCUT2D eigenvalue weighted by atomic mass is 10.1. The summed E-state index contributed by atoms with van der Waals surface area (Å²) in [5.41, 5.74) is -2.01. The lowest BCUT2D eigenvalue weighted by Crippen LogP contribution is -2.24. The molecule has 0 bridgehead atoms. The molecule has 3 nitrogen and oxygen atoms in total. The van der Waals surface area contributed by atoms with E-state index >= 15 is 0 Å². The van der Waals surface area contributed by atoms with Crippen LogP contribution in [0, 0.1) is 12.7 Å². The van der Waals surface area contributed by atoms with Crippen molar-refractivity contribution in [1.29, 1.82) is 0 Å². The van der Waals surface area contributed by atoms with Gasteiger partial charge in [-0.1, -0.05) is 16.8 Å². The standard InChI is InChI=1S/C11H6ClF4NO2/c1-4-6-2-5(12)3-7(13)9(6)19-8(4)10(17-18)11(14,15)16/h2-3,18H,1H3/b17-10+. The summed E-state index contributed by atoms with van der Waals surface area (Å²) >= 11 is 5.63. The van der Waals surface area contributed by atoms with Gasteiger partial charge in [-0.15, -0.1) is 0 Å². The molecule has 0 amide bonds. The molecule has 0 fully saturated rings. The van der Waals surface area contributed by atoms with Crippen LogP contribution in [0.2, 0.25) is 5.02 Å². The normalized spacial score (nSPS) is 13.3. The largest absolute Gasteiger partial charge is 0.451 e. The van der Waals surface area contributed by atoms with Crippen LogP contribution in [0.25, 0.3) is 11.0 Å². The second kappa shape index (κ2) is 4.41. The third-order valence-corrected chi connectivity index (χ3v) is 2.76. The Labute approximate surface area is 109 Å². The van der Waals surface area contributed by atoms with Crippen molar-refractivity contribution in [1.82, 2.24) is 0 Å². The lowest BCUT2D eigenvalue weighted by Gasteiger charge is -2.06. The number of oxime groups is 1. The summed E-state index contributed by atoms with van der Waals surface area (Å²) in [5.74, 6) is -1.64. The van der Waals surface area contributed by atoms with Crippen LogP contribution in [0.3, 0.4) is 0 Å². The first-order valence-electron chi connectivity index (χ1n) is 4.93. The highest BCUT2D eigenvalue weighted by atomic mass is 35.5. The Morgan fingerprint density at radius 2 is 2.00 bits per heavy atom. The molecule has 0 aliphatic rings. The molecule has 0 saturated carbocycles. The number of rotatable bonds is 1. The van der Waals surface area contributed by atoms with Crippen LogP contribution in [-0.4, -0.2) is 17.1 Å². The van der Waals surface area contributed by atoms with Crippen molar-refractivity contribution in [3.63, 3.8) is 0 Å². The fourth-order valence-electron chi connectivity index (χ4n) is 1.70. The molecule has 0 saturated heterocycles. The number of hydrogen-bond acceptors (Lipinski definition) is 3. The molecule has 1 N–H and O–H groups in total. The van der Waals surface area contributed by atoms with Gasteiger partial charge in [-0.3, -0.25) is 0 Å². The van der Waals surface area contributed by atoms with Gasteiger partial charge in [-0.05, 0) is 19.1 Å². The SMILES string of the molecule is Cc1c(/C(=N\O)C(F)(F)F)oc2c(F)cc(Cl)cc12. The predicted molar refractivity (Wildman–Crippen MR) is 60.3 cm³/mol. The maximum atomic E-state index is 13.5. The molecule has 1 aromatic heterocycles. The fraction of sp³-hybridized carbons (Fsp3) is 0.182. The Kier molecular flexibility index (Phi) is 3.17. The Bertz CT molecular complexity index is 675. The Balaban J connectivity index is 2.77. The van der Waals surface area contributed by atoms with E-state index in [9.17, 15) is 17.6 Å². The maximum absolute atomic E-state index is 13.5. The van der Waals surface area contributed by atoms with Crippen molar-refractivity contribution >= 4 is 28.3 Å². The summed E-state index contributed by atoms with van der Waals surface area (Å²) in [6, 6.07) is 2.19. The second-order valence-electron chi connectivity index (χ2n) is 3.77. The van der Waals surface area contributed by atoms with Gasteiger partial charge >= 0.3 is 6.18 Å². The highest BCUT2D eigenvalue weighted by Gasteiger charge is 2.41. The van der Waals surface area contributed by atoms with E-state index in [1.54, 1.807) is 0 Å². The lowest BCUT2D eigenvalue weighted by molar-refractivity contribution is -0.0609. The quantitative estimate of drug-likeness (QED) is 0.369. The first-order valence-corrected chi connectivity index (χ1v) is 5.31. The number of furan rings is 1.